The van der Waals surface area contributed by atoms with Crippen LogP contribution in [0.2, 0.25) is 0 Å². The second-order valence-corrected chi connectivity index (χ2v) is 12.6. The number of hydrogen-bond donors (Lipinski definition) is 0. The monoisotopic (exact) mass is 496 g/mol. The van der Waals surface area contributed by atoms with Gasteiger partial charge in [0.15, 0.2) is 0 Å². The van der Waals surface area contributed by atoms with E-state index < -0.39 is 10.0 Å². The summed E-state index contributed by atoms with van der Waals surface area (Å²) in [5.41, 5.74) is 9.29. The highest BCUT2D eigenvalue weighted by atomic mass is 32.2. The van der Waals surface area contributed by atoms with E-state index in [9.17, 15) is 8.42 Å². The molecule has 0 aromatic heterocycles. The molecular weight excluding hydrogens is 452 g/mol. The van der Waals surface area contributed by atoms with E-state index in [1.54, 1.807) is 11.2 Å². The first-order valence-electron chi connectivity index (χ1n) is 12.9. The molecule has 1 saturated heterocycles. The molecule has 0 N–H and O–H groups in total. The van der Waals surface area contributed by atoms with Gasteiger partial charge in [0.25, 0.3) is 0 Å². The van der Waals surface area contributed by atoms with Crippen molar-refractivity contribution in [2.45, 2.75) is 67.7 Å². The summed E-state index contributed by atoms with van der Waals surface area (Å²) in [6.07, 6.45) is 2.93. The number of nitrogens with zero attached hydrogens (tertiary/aromatic N) is 2. The van der Waals surface area contributed by atoms with E-state index in [0.717, 1.165) is 43.5 Å². The topological polar surface area (TPSA) is 40.6 Å². The minimum absolute atomic E-state index is 0.361. The summed E-state index contributed by atoms with van der Waals surface area (Å²) < 4.78 is 30.0. The van der Waals surface area contributed by atoms with Gasteiger partial charge in [0.1, 0.15) is 0 Å². The Morgan fingerprint density at radius 1 is 0.943 bits per heavy atom. The molecule has 4 nitrogen and oxygen atoms in total. The number of sulfonamides is 1. The fourth-order valence-corrected chi connectivity index (χ4v) is 7.16. The highest BCUT2D eigenvalue weighted by Crippen LogP contribution is 2.34. The third-order valence-corrected chi connectivity index (χ3v) is 10.4. The van der Waals surface area contributed by atoms with E-state index in [4.69, 9.17) is 0 Å². The second-order valence-electron chi connectivity index (χ2n) is 10.6. The molecule has 0 bridgehead atoms. The highest BCUT2D eigenvalue weighted by Gasteiger charge is 2.30. The molecule has 1 atom stereocenters. The quantitative estimate of drug-likeness (QED) is 0.437. The normalized spacial score (nSPS) is 18.1. The summed E-state index contributed by atoms with van der Waals surface area (Å²) in [6.45, 7) is 17.6. The van der Waals surface area contributed by atoms with Crippen molar-refractivity contribution in [2.75, 3.05) is 33.2 Å². The maximum Gasteiger partial charge on any atom is 0.239 e. The molecular formula is C30H44N2O2S. The number of benzene rings is 2. The van der Waals surface area contributed by atoms with Crippen LogP contribution < -0.4 is 0 Å². The zero-order valence-corrected chi connectivity index (χ0v) is 23.8. The number of hydrogen-bond acceptors (Lipinski definition) is 3. The van der Waals surface area contributed by atoms with Gasteiger partial charge in [-0.15, -0.1) is 0 Å². The Morgan fingerprint density at radius 2 is 1.51 bits per heavy atom. The molecule has 3 rings (SSSR count). The van der Waals surface area contributed by atoms with Gasteiger partial charge in [0, 0.05) is 19.6 Å². The second kappa shape index (κ2) is 11.4. The number of rotatable bonds is 8. The van der Waals surface area contributed by atoms with Crippen LogP contribution >= 0.6 is 0 Å². The molecule has 0 amide bonds. The standard InChI is InChI=1S/C30H44N2O2S/c1-21-22(2)24(4)30(25(5)23(21)3)26(6)27(7)35(33,34)32(18-16-28-13-10-9-11-14-28)20-29-15-12-17-31(8)19-29/h9-11,13-14,29H,12,15-20H2,1-8H3/b27-26+. The predicted octanol–water partition coefficient (Wildman–Crippen LogP) is 6.20. The van der Waals surface area contributed by atoms with Crippen LogP contribution in [0.4, 0.5) is 0 Å². The van der Waals surface area contributed by atoms with Crippen LogP contribution in [-0.4, -0.2) is 50.8 Å². The Labute approximate surface area is 214 Å². The van der Waals surface area contributed by atoms with Crippen molar-refractivity contribution in [1.82, 2.24) is 9.21 Å². The first-order valence-corrected chi connectivity index (χ1v) is 14.4. The lowest BCUT2D eigenvalue weighted by molar-refractivity contribution is 0.186. The molecule has 1 aliphatic rings. The van der Waals surface area contributed by atoms with Crippen LogP contribution in [0.1, 0.15) is 65.6 Å². The van der Waals surface area contributed by atoms with E-state index in [0.29, 0.717) is 23.9 Å². The van der Waals surface area contributed by atoms with Gasteiger partial charge in [-0.2, -0.15) is 4.31 Å². The lowest BCUT2D eigenvalue weighted by Gasteiger charge is -2.34. The molecule has 1 unspecified atom stereocenters. The lowest BCUT2D eigenvalue weighted by Crippen LogP contribution is -2.42. The first kappa shape index (κ1) is 27.6. The lowest BCUT2D eigenvalue weighted by atomic mass is 9.86. The molecule has 0 saturated carbocycles. The third kappa shape index (κ3) is 6.07. The molecule has 1 heterocycles. The SMILES string of the molecule is C/C(=C(/C)S(=O)(=O)N(CCc1ccccc1)CC1CCCN(C)C1)c1c(C)c(C)c(C)c(C)c1C. The van der Waals surface area contributed by atoms with Gasteiger partial charge in [-0.05, 0) is 132 Å². The Balaban J connectivity index is 2.01. The minimum atomic E-state index is -3.61. The largest absolute Gasteiger partial charge is 0.306 e. The van der Waals surface area contributed by atoms with Crippen molar-refractivity contribution in [3.05, 3.63) is 74.2 Å². The van der Waals surface area contributed by atoms with Gasteiger partial charge in [-0.1, -0.05) is 30.3 Å². The Bertz CT molecular complexity index is 1150. The molecule has 1 aliphatic heterocycles. The van der Waals surface area contributed by atoms with Crippen LogP contribution in [0.5, 0.6) is 0 Å². The van der Waals surface area contributed by atoms with Gasteiger partial charge in [-0.3, -0.25) is 0 Å². The van der Waals surface area contributed by atoms with Crippen LogP contribution in [0.3, 0.4) is 0 Å². The van der Waals surface area contributed by atoms with Crippen molar-refractivity contribution in [3.8, 4) is 0 Å². The molecule has 2 aromatic rings. The average Bonchev–Trinajstić information content (AvgIpc) is 2.84. The van der Waals surface area contributed by atoms with Crippen LogP contribution in [-0.2, 0) is 16.4 Å². The van der Waals surface area contributed by atoms with Gasteiger partial charge >= 0.3 is 0 Å². The summed E-state index contributed by atoms with van der Waals surface area (Å²) in [7, 11) is -1.47. The van der Waals surface area contributed by atoms with Crippen molar-refractivity contribution >= 4 is 15.6 Å². The van der Waals surface area contributed by atoms with E-state index in [-0.39, 0.29) is 0 Å². The van der Waals surface area contributed by atoms with Gasteiger partial charge in [0.05, 0.1) is 4.91 Å². The van der Waals surface area contributed by atoms with E-state index in [1.165, 1.54) is 33.4 Å². The molecule has 0 spiro atoms. The molecule has 2 aromatic carbocycles. The number of allylic oxidation sites excluding steroid dienone is 2. The molecule has 5 heteroatoms. The summed E-state index contributed by atoms with van der Waals surface area (Å²) in [6, 6.07) is 10.2. The zero-order valence-electron chi connectivity index (χ0n) is 23.0. The Kier molecular flexibility index (Phi) is 9.01. The van der Waals surface area contributed by atoms with E-state index >= 15 is 0 Å². The van der Waals surface area contributed by atoms with E-state index in [2.05, 4.69) is 58.7 Å². The van der Waals surface area contributed by atoms with E-state index in [1.807, 2.05) is 25.1 Å². The molecule has 0 aliphatic carbocycles. The Morgan fingerprint density at radius 3 is 2.09 bits per heavy atom. The van der Waals surface area contributed by atoms with Gasteiger partial charge < -0.3 is 4.90 Å². The summed E-state index contributed by atoms with van der Waals surface area (Å²) in [5, 5.41) is 0. The van der Waals surface area contributed by atoms with Crippen molar-refractivity contribution in [1.29, 1.82) is 0 Å². The molecule has 192 valence electrons. The minimum Gasteiger partial charge on any atom is -0.306 e. The predicted molar refractivity (Wildman–Crippen MR) is 149 cm³/mol. The van der Waals surface area contributed by atoms with Crippen molar-refractivity contribution < 1.29 is 8.42 Å². The number of likely N-dealkylation sites (tertiary alicyclic amines) is 1. The van der Waals surface area contributed by atoms with Crippen molar-refractivity contribution in [3.63, 3.8) is 0 Å². The average molecular weight is 497 g/mol. The first-order chi connectivity index (χ1) is 16.4. The van der Waals surface area contributed by atoms with Crippen LogP contribution in [0.25, 0.3) is 5.57 Å². The summed E-state index contributed by atoms with van der Waals surface area (Å²) in [5.74, 6) is 0.361. The summed E-state index contributed by atoms with van der Waals surface area (Å²) >= 11 is 0. The number of piperidine rings is 1. The fourth-order valence-electron chi connectivity index (χ4n) is 5.54. The molecule has 0 radical (unpaired) electrons. The highest BCUT2D eigenvalue weighted by molar-refractivity contribution is 7.93. The summed E-state index contributed by atoms with van der Waals surface area (Å²) in [4.78, 5) is 2.80. The smallest absolute Gasteiger partial charge is 0.239 e. The van der Waals surface area contributed by atoms with Crippen LogP contribution in [0, 0.1) is 40.5 Å². The molecule has 35 heavy (non-hydrogen) atoms. The fraction of sp³-hybridized carbons (Fsp3) is 0.533. The van der Waals surface area contributed by atoms with Gasteiger partial charge in [0.2, 0.25) is 10.0 Å². The zero-order chi connectivity index (χ0) is 25.9. The Hall–Kier alpha value is -1.95. The third-order valence-electron chi connectivity index (χ3n) is 8.31. The van der Waals surface area contributed by atoms with Crippen LogP contribution in [0.15, 0.2) is 35.2 Å². The van der Waals surface area contributed by atoms with Gasteiger partial charge in [-0.25, -0.2) is 8.42 Å². The molecule has 1 fully saturated rings. The van der Waals surface area contributed by atoms with Crippen molar-refractivity contribution in [2.24, 2.45) is 5.92 Å². The maximum atomic E-state index is 14.1. The maximum absolute atomic E-state index is 14.1.